The number of ether oxygens (including phenoxy) is 1. The number of benzene rings is 1. The van der Waals surface area contributed by atoms with E-state index in [1.807, 2.05) is 22.9 Å². The van der Waals surface area contributed by atoms with E-state index >= 15 is 0 Å². The highest BCUT2D eigenvalue weighted by Crippen LogP contribution is 2.15. The topological polar surface area (TPSA) is 50.5 Å². The largest absolute Gasteiger partial charge is 0.497 e. The number of methoxy groups -OCH3 is 1. The van der Waals surface area contributed by atoms with Gasteiger partial charge in [0.25, 0.3) is 0 Å². The van der Waals surface area contributed by atoms with E-state index in [4.69, 9.17) is 4.74 Å². The summed E-state index contributed by atoms with van der Waals surface area (Å²) >= 11 is 0. The first-order valence-electron chi connectivity index (χ1n) is 7.98. The maximum absolute atomic E-state index is 9.22. The van der Waals surface area contributed by atoms with E-state index in [1.165, 1.54) is 11.3 Å². The zero-order valence-corrected chi connectivity index (χ0v) is 13.5. The molecule has 1 N–H and O–H groups in total. The third-order valence-corrected chi connectivity index (χ3v) is 4.10. The van der Waals surface area contributed by atoms with Gasteiger partial charge < -0.3 is 9.84 Å². The van der Waals surface area contributed by atoms with Crippen LogP contribution in [0.25, 0.3) is 6.08 Å². The molecule has 1 aliphatic heterocycles. The van der Waals surface area contributed by atoms with Crippen LogP contribution in [0.4, 0.5) is 0 Å². The first-order chi connectivity index (χ1) is 11.3. The molecule has 0 bridgehead atoms. The van der Waals surface area contributed by atoms with Gasteiger partial charge in [-0.05, 0) is 30.2 Å². The number of aliphatic hydroxyl groups is 1. The lowest BCUT2D eigenvalue weighted by atomic mass is 10.2. The van der Waals surface area contributed by atoms with Crippen molar-refractivity contribution < 1.29 is 9.84 Å². The summed E-state index contributed by atoms with van der Waals surface area (Å²) in [5, 5.41) is 13.6. The highest BCUT2D eigenvalue weighted by Gasteiger charge is 2.15. The summed E-state index contributed by atoms with van der Waals surface area (Å²) in [6, 6.07) is 10.1. The zero-order chi connectivity index (χ0) is 16.1. The van der Waals surface area contributed by atoms with Gasteiger partial charge in [0.2, 0.25) is 0 Å². The molecule has 0 fully saturated rings. The van der Waals surface area contributed by atoms with Crippen LogP contribution in [0.15, 0.2) is 36.4 Å². The Morgan fingerprint density at radius 2 is 2.09 bits per heavy atom. The SMILES string of the molecule is COc1ccc(/C=C/CN2CCCn3nc(CO)cc3C2)cc1. The molecule has 23 heavy (non-hydrogen) atoms. The Morgan fingerprint density at radius 1 is 1.26 bits per heavy atom. The number of hydrogen-bond donors (Lipinski definition) is 1. The van der Waals surface area contributed by atoms with Gasteiger partial charge in [-0.15, -0.1) is 0 Å². The molecule has 0 spiro atoms. The monoisotopic (exact) mass is 313 g/mol. The van der Waals surface area contributed by atoms with Crippen LogP contribution in [0.5, 0.6) is 5.75 Å². The van der Waals surface area contributed by atoms with Gasteiger partial charge in [0.15, 0.2) is 0 Å². The van der Waals surface area contributed by atoms with Crippen molar-refractivity contribution in [2.45, 2.75) is 26.1 Å². The summed E-state index contributed by atoms with van der Waals surface area (Å²) in [7, 11) is 1.68. The molecule has 2 aromatic rings. The van der Waals surface area contributed by atoms with Crippen LogP contribution < -0.4 is 4.74 Å². The zero-order valence-electron chi connectivity index (χ0n) is 13.5. The minimum atomic E-state index is 0.0113. The number of aliphatic hydroxyl groups excluding tert-OH is 1. The van der Waals surface area contributed by atoms with Gasteiger partial charge in [0.1, 0.15) is 5.75 Å². The van der Waals surface area contributed by atoms with Crippen LogP contribution in [0, 0.1) is 0 Å². The van der Waals surface area contributed by atoms with Crippen molar-refractivity contribution in [1.82, 2.24) is 14.7 Å². The first-order valence-corrected chi connectivity index (χ1v) is 7.98. The van der Waals surface area contributed by atoms with Crippen molar-refractivity contribution >= 4 is 6.08 Å². The van der Waals surface area contributed by atoms with Crippen LogP contribution in [0.3, 0.4) is 0 Å². The van der Waals surface area contributed by atoms with Crippen LogP contribution in [-0.2, 0) is 19.7 Å². The molecule has 0 saturated heterocycles. The van der Waals surface area contributed by atoms with Gasteiger partial charge in [0.05, 0.1) is 25.1 Å². The summed E-state index contributed by atoms with van der Waals surface area (Å²) in [4.78, 5) is 2.40. The molecule has 0 radical (unpaired) electrons. The Labute approximate surface area is 136 Å². The van der Waals surface area contributed by atoms with Crippen LogP contribution in [0.1, 0.15) is 23.4 Å². The van der Waals surface area contributed by atoms with Gasteiger partial charge in [-0.2, -0.15) is 5.10 Å². The normalized spacial score (nSPS) is 15.6. The second kappa shape index (κ2) is 7.44. The van der Waals surface area contributed by atoms with Gasteiger partial charge >= 0.3 is 0 Å². The van der Waals surface area contributed by atoms with Gasteiger partial charge in [-0.1, -0.05) is 24.3 Å². The fourth-order valence-corrected chi connectivity index (χ4v) is 2.87. The maximum atomic E-state index is 9.22. The van der Waals surface area contributed by atoms with E-state index < -0.39 is 0 Å². The highest BCUT2D eigenvalue weighted by molar-refractivity contribution is 5.50. The Morgan fingerprint density at radius 3 is 2.83 bits per heavy atom. The number of aryl methyl sites for hydroxylation is 1. The average molecular weight is 313 g/mol. The first kappa shape index (κ1) is 15.8. The van der Waals surface area contributed by atoms with Gasteiger partial charge in [-0.3, -0.25) is 9.58 Å². The summed E-state index contributed by atoms with van der Waals surface area (Å²) in [6.45, 7) is 3.78. The maximum Gasteiger partial charge on any atom is 0.118 e. The Balaban J connectivity index is 1.60. The molecule has 2 heterocycles. The number of aromatic nitrogens is 2. The standard InChI is InChI=1S/C18H23N3O2/c1-23-18-7-5-15(6-8-18)4-2-9-20-10-3-11-21-17(13-20)12-16(14-22)19-21/h2,4-8,12,22H,3,9-11,13-14H2,1H3/b4-2+. The minimum Gasteiger partial charge on any atom is -0.497 e. The average Bonchev–Trinajstić information content (AvgIpc) is 2.87. The van der Waals surface area contributed by atoms with Crippen LogP contribution >= 0.6 is 0 Å². The van der Waals surface area contributed by atoms with Crippen molar-refractivity contribution in [2.75, 3.05) is 20.2 Å². The van der Waals surface area contributed by atoms with Crippen LogP contribution in [0.2, 0.25) is 0 Å². The van der Waals surface area contributed by atoms with Gasteiger partial charge in [0, 0.05) is 26.2 Å². The van der Waals surface area contributed by atoms with E-state index in [0.29, 0.717) is 0 Å². The molecule has 0 saturated carbocycles. The van der Waals surface area contributed by atoms with Crippen molar-refractivity contribution in [3.8, 4) is 5.75 Å². The third kappa shape index (κ3) is 4.00. The molecule has 0 atom stereocenters. The molecule has 0 amide bonds. The number of rotatable bonds is 5. The molecule has 1 aromatic heterocycles. The quantitative estimate of drug-likeness (QED) is 0.920. The second-order valence-corrected chi connectivity index (χ2v) is 5.77. The van der Waals surface area contributed by atoms with E-state index in [2.05, 4.69) is 34.3 Å². The lowest BCUT2D eigenvalue weighted by Crippen LogP contribution is -2.23. The number of nitrogens with zero attached hydrogens (tertiary/aromatic N) is 3. The second-order valence-electron chi connectivity index (χ2n) is 5.77. The molecule has 5 heteroatoms. The van der Waals surface area contributed by atoms with Crippen LogP contribution in [-0.4, -0.2) is 40.0 Å². The lowest BCUT2D eigenvalue weighted by Gasteiger charge is -2.17. The molecule has 5 nitrogen and oxygen atoms in total. The summed E-state index contributed by atoms with van der Waals surface area (Å²) < 4.78 is 7.20. The molecule has 0 unspecified atom stereocenters. The Bertz CT molecular complexity index is 661. The molecule has 1 aromatic carbocycles. The van der Waals surface area contributed by atoms with Crippen molar-refractivity contribution in [3.63, 3.8) is 0 Å². The van der Waals surface area contributed by atoms with Gasteiger partial charge in [-0.25, -0.2) is 0 Å². The van der Waals surface area contributed by atoms with Crippen molar-refractivity contribution in [1.29, 1.82) is 0 Å². The minimum absolute atomic E-state index is 0.0113. The Kier molecular flexibility index (Phi) is 5.10. The van der Waals surface area contributed by atoms with E-state index in [-0.39, 0.29) is 6.61 Å². The van der Waals surface area contributed by atoms with Crippen molar-refractivity contribution in [2.24, 2.45) is 0 Å². The number of hydrogen-bond acceptors (Lipinski definition) is 4. The van der Waals surface area contributed by atoms with Crippen molar-refractivity contribution in [3.05, 3.63) is 53.4 Å². The highest BCUT2D eigenvalue weighted by atomic mass is 16.5. The fraction of sp³-hybridized carbons (Fsp3) is 0.389. The van der Waals surface area contributed by atoms with E-state index in [1.54, 1.807) is 7.11 Å². The number of fused-ring (bicyclic) bond motifs is 1. The lowest BCUT2D eigenvalue weighted by molar-refractivity contribution is 0.274. The molecule has 122 valence electrons. The van der Waals surface area contributed by atoms with E-state index in [0.717, 1.165) is 44.0 Å². The molecule has 3 rings (SSSR count). The summed E-state index contributed by atoms with van der Waals surface area (Å²) in [6.07, 6.45) is 5.41. The van der Waals surface area contributed by atoms with E-state index in [9.17, 15) is 5.11 Å². The molecular weight excluding hydrogens is 290 g/mol. The molecular formula is C18H23N3O2. The summed E-state index contributed by atoms with van der Waals surface area (Å²) in [5.41, 5.74) is 3.12. The summed E-state index contributed by atoms with van der Waals surface area (Å²) in [5.74, 6) is 0.877. The molecule has 0 aliphatic carbocycles. The fourth-order valence-electron chi connectivity index (χ4n) is 2.87. The predicted molar refractivity (Wildman–Crippen MR) is 90.1 cm³/mol. The smallest absolute Gasteiger partial charge is 0.118 e. The predicted octanol–water partition coefficient (Wildman–Crippen LogP) is 2.30. The molecule has 1 aliphatic rings. The third-order valence-electron chi connectivity index (χ3n) is 4.10. The Hall–Kier alpha value is -2.11.